The lowest BCUT2D eigenvalue weighted by atomic mass is 10.1. The van der Waals surface area contributed by atoms with Gasteiger partial charge in [-0.3, -0.25) is 4.79 Å². The van der Waals surface area contributed by atoms with Gasteiger partial charge >= 0.3 is 0 Å². The summed E-state index contributed by atoms with van der Waals surface area (Å²) < 4.78 is 13.6. The Bertz CT molecular complexity index is 613. The molecule has 0 fully saturated rings. The van der Waals surface area contributed by atoms with Crippen molar-refractivity contribution in [2.45, 2.75) is 13.5 Å². The number of hydrogen-bond acceptors (Lipinski definition) is 1. The Balaban J connectivity index is 2.08. The summed E-state index contributed by atoms with van der Waals surface area (Å²) in [4.78, 5) is 11.9. The Kier molecular flexibility index (Phi) is 4.17. The van der Waals surface area contributed by atoms with Crippen LogP contribution in [0.25, 0.3) is 0 Å². The van der Waals surface area contributed by atoms with E-state index in [4.69, 9.17) is 11.6 Å². The molecule has 19 heavy (non-hydrogen) atoms. The van der Waals surface area contributed by atoms with Crippen LogP contribution < -0.4 is 5.32 Å². The average Bonchev–Trinajstić information content (AvgIpc) is 2.37. The van der Waals surface area contributed by atoms with Crippen molar-refractivity contribution in [2.75, 3.05) is 0 Å². The highest BCUT2D eigenvalue weighted by molar-refractivity contribution is 6.31. The monoisotopic (exact) mass is 277 g/mol. The average molecular weight is 278 g/mol. The number of carbonyl (C=O) groups excluding carboxylic acids is 1. The predicted octanol–water partition coefficient (Wildman–Crippen LogP) is 3.72. The van der Waals surface area contributed by atoms with Crippen LogP contribution in [0, 0.1) is 12.7 Å². The molecule has 0 saturated carbocycles. The molecule has 0 aliphatic heterocycles. The maximum absolute atomic E-state index is 13.6. The Morgan fingerprint density at radius 2 is 2.00 bits per heavy atom. The van der Waals surface area contributed by atoms with Crippen LogP contribution in [0.4, 0.5) is 4.39 Å². The molecule has 2 rings (SSSR count). The Morgan fingerprint density at radius 1 is 1.26 bits per heavy atom. The first-order valence-corrected chi connectivity index (χ1v) is 6.23. The molecule has 0 unspecified atom stereocenters. The summed E-state index contributed by atoms with van der Waals surface area (Å²) in [5, 5.41) is 3.23. The Hall–Kier alpha value is -1.87. The first kappa shape index (κ1) is 13.6. The molecule has 0 aromatic heterocycles. The molecule has 1 amide bonds. The van der Waals surface area contributed by atoms with Crippen molar-refractivity contribution in [3.63, 3.8) is 0 Å². The molecule has 4 heteroatoms. The molecular weight excluding hydrogens is 265 g/mol. The maximum atomic E-state index is 13.6. The second-order valence-electron chi connectivity index (χ2n) is 4.26. The van der Waals surface area contributed by atoms with Gasteiger partial charge in [0.15, 0.2) is 0 Å². The third-order valence-electron chi connectivity index (χ3n) is 2.77. The van der Waals surface area contributed by atoms with Crippen LogP contribution in [0.3, 0.4) is 0 Å². The lowest BCUT2D eigenvalue weighted by molar-refractivity contribution is 0.0947. The van der Waals surface area contributed by atoms with E-state index in [0.29, 0.717) is 5.02 Å². The zero-order chi connectivity index (χ0) is 13.8. The SMILES string of the molecule is Cc1ccc(C(=O)NCc2ccccc2Cl)c(F)c1. The molecule has 0 saturated heterocycles. The molecule has 98 valence electrons. The zero-order valence-electron chi connectivity index (χ0n) is 10.4. The molecule has 0 aliphatic carbocycles. The fraction of sp³-hybridized carbons (Fsp3) is 0.133. The number of carbonyl (C=O) groups is 1. The van der Waals surface area contributed by atoms with Crippen LogP contribution in [0.15, 0.2) is 42.5 Å². The lowest BCUT2D eigenvalue weighted by Crippen LogP contribution is -2.24. The summed E-state index contributed by atoms with van der Waals surface area (Å²) in [7, 11) is 0. The quantitative estimate of drug-likeness (QED) is 0.910. The third kappa shape index (κ3) is 3.32. The van der Waals surface area contributed by atoms with Gasteiger partial charge in [-0.1, -0.05) is 35.9 Å². The van der Waals surface area contributed by atoms with E-state index < -0.39 is 11.7 Å². The fourth-order valence-electron chi connectivity index (χ4n) is 1.72. The van der Waals surface area contributed by atoms with E-state index >= 15 is 0 Å². The van der Waals surface area contributed by atoms with Crippen molar-refractivity contribution < 1.29 is 9.18 Å². The number of benzene rings is 2. The number of rotatable bonds is 3. The number of amides is 1. The molecule has 2 nitrogen and oxygen atoms in total. The molecule has 2 aromatic rings. The highest BCUT2D eigenvalue weighted by Crippen LogP contribution is 2.15. The van der Waals surface area contributed by atoms with E-state index in [1.54, 1.807) is 19.1 Å². The highest BCUT2D eigenvalue weighted by Gasteiger charge is 2.11. The van der Waals surface area contributed by atoms with E-state index in [9.17, 15) is 9.18 Å². The second kappa shape index (κ2) is 5.85. The van der Waals surface area contributed by atoms with Crippen molar-refractivity contribution >= 4 is 17.5 Å². The topological polar surface area (TPSA) is 29.1 Å². The smallest absolute Gasteiger partial charge is 0.254 e. The minimum Gasteiger partial charge on any atom is -0.348 e. The zero-order valence-corrected chi connectivity index (χ0v) is 11.2. The van der Waals surface area contributed by atoms with E-state index in [0.717, 1.165) is 11.1 Å². The van der Waals surface area contributed by atoms with Gasteiger partial charge in [0, 0.05) is 11.6 Å². The maximum Gasteiger partial charge on any atom is 0.254 e. The van der Waals surface area contributed by atoms with Gasteiger partial charge in [-0.05, 0) is 36.2 Å². The third-order valence-corrected chi connectivity index (χ3v) is 3.14. The number of halogens is 2. The van der Waals surface area contributed by atoms with Gasteiger partial charge < -0.3 is 5.32 Å². The number of aryl methyl sites for hydroxylation is 1. The van der Waals surface area contributed by atoms with Crippen molar-refractivity contribution in [3.8, 4) is 0 Å². The van der Waals surface area contributed by atoms with Crippen LogP contribution in [0.5, 0.6) is 0 Å². The number of hydrogen-bond donors (Lipinski definition) is 1. The summed E-state index contributed by atoms with van der Waals surface area (Å²) in [6, 6.07) is 11.7. The van der Waals surface area contributed by atoms with E-state index in [1.807, 2.05) is 18.2 Å². The van der Waals surface area contributed by atoms with Gasteiger partial charge in [0.1, 0.15) is 5.82 Å². The van der Waals surface area contributed by atoms with Crippen molar-refractivity contribution in [1.82, 2.24) is 5.32 Å². The van der Waals surface area contributed by atoms with Gasteiger partial charge in [-0.2, -0.15) is 0 Å². The fourth-order valence-corrected chi connectivity index (χ4v) is 1.92. The van der Waals surface area contributed by atoms with Gasteiger partial charge in [0.2, 0.25) is 0 Å². The summed E-state index contributed by atoms with van der Waals surface area (Å²) in [6.07, 6.45) is 0. The molecular formula is C15H13ClFNO. The molecule has 1 N–H and O–H groups in total. The van der Waals surface area contributed by atoms with Crippen LogP contribution in [-0.4, -0.2) is 5.91 Å². The van der Waals surface area contributed by atoms with Gasteiger partial charge in [-0.25, -0.2) is 4.39 Å². The molecule has 2 aromatic carbocycles. The first-order valence-electron chi connectivity index (χ1n) is 5.85. The van der Waals surface area contributed by atoms with Crippen molar-refractivity contribution in [2.24, 2.45) is 0 Å². The normalized spacial score (nSPS) is 10.3. The molecule has 0 aliphatic rings. The van der Waals surface area contributed by atoms with Gasteiger partial charge in [0.25, 0.3) is 5.91 Å². The molecule has 0 radical (unpaired) electrons. The first-order chi connectivity index (χ1) is 9.08. The van der Waals surface area contributed by atoms with Crippen molar-refractivity contribution in [1.29, 1.82) is 0 Å². The molecule has 0 heterocycles. The summed E-state index contributed by atoms with van der Waals surface area (Å²) in [5.74, 6) is -0.964. The largest absolute Gasteiger partial charge is 0.348 e. The molecule has 0 spiro atoms. The van der Waals surface area contributed by atoms with Gasteiger partial charge in [0.05, 0.1) is 5.56 Å². The van der Waals surface area contributed by atoms with E-state index in [2.05, 4.69) is 5.32 Å². The van der Waals surface area contributed by atoms with E-state index in [1.165, 1.54) is 12.1 Å². The van der Waals surface area contributed by atoms with Crippen LogP contribution in [-0.2, 0) is 6.54 Å². The summed E-state index contributed by atoms with van der Waals surface area (Å²) >= 11 is 5.98. The minimum absolute atomic E-state index is 0.0395. The lowest BCUT2D eigenvalue weighted by Gasteiger charge is -2.08. The molecule has 0 atom stereocenters. The summed E-state index contributed by atoms with van der Waals surface area (Å²) in [6.45, 7) is 2.04. The Morgan fingerprint density at radius 3 is 2.68 bits per heavy atom. The second-order valence-corrected chi connectivity index (χ2v) is 4.66. The molecule has 0 bridgehead atoms. The van der Waals surface area contributed by atoms with E-state index in [-0.39, 0.29) is 12.1 Å². The number of nitrogens with one attached hydrogen (secondary N) is 1. The highest BCUT2D eigenvalue weighted by atomic mass is 35.5. The van der Waals surface area contributed by atoms with Crippen molar-refractivity contribution in [3.05, 3.63) is 70.0 Å². The van der Waals surface area contributed by atoms with Crippen LogP contribution in [0.2, 0.25) is 5.02 Å². The predicted molar refractivity (Wildman–Crippen MR) is 73.8 cm³/mol. The van der Waals surface area contributed by atoms with Crippen LogP contribution in [0.1, 0.15) is 21.5 Å². The van der Waals surface area contributed by atoms with Crippen LogP contribution >= 0.6 is 11.6 Å². The standard InChI is InChI=1S/C15H13ClFNO/c1-10-6-7-12(14(17)8-10)15(19)18-9-11-4-2-3-5-13(11)16/h2-8H,9H2,1H3,(H,18,19). The van der Waals surface area contributed by atoms with Gasteiger partial charge in [-0.15, -0.1) is 0 Å². The Labute approximate surface area is 116 Å². The minimum atomic E-state index is -0.517. The summed E-state index contributed by atoms with van der Waals surface area (Å²) in [5.41, 5.74) is 1.61.